The quantitative estimate of drug-likeness (QED) is 0.448. The van der Waals surface area contributed by atoms with Crippen molar-refractivity contribution < 1.29 is 31.6 Å². The molecular formula is C16H15F4N3O3. The van der Waals surface area contributed by atoms with Crippen LogP contribution in [0.25, 0.3) is 17.0 Å². The number of halogens is 4. The average molecular weight is 373 g/mol. The molecule has 0 aliphatic carbocycles. The van der Waals surface area contributed by atoms with Crippen LogP contribution < -0.4 is 0 Å². The van der Waals surface area contributed by atoms with E-state index in [9.17, 15) is 22.4 Å². The minimum Gasteiger partial charge on any atom is -0.465 e. The molecule has 0 aliphatic heterocycles. The fourth-order valence-corrected chi connectivity index (χ4v) is 2.16. The Labute approximate surface area is 145 Å². The number of carbonyl (C=O) groups is 1. The molecule has 0 saturated carbocycles. The molecular weight excluding hydrogens is 358 g/mol. The van der Waals surface area contributed by atoms with Gasteiger partial charge in [-0.15, -0.1) is 0 Å². The van der Waals surface area contributed by atoms with E-state index in [2.05, 4.69) is 15.0 Å². The van der Waals surface area contributed by atoms with E-state index in [0.717, 1.165) is 19.5 Å². The van der Waals surface area contributed by atoms with Crippen molar-refractivity contribution in [3.63, 3.8) is 0 Å². The summed E-state index contributed by atoms with van der Waals surface area (Å²) in [5, 5.41) is 7.09. The molecule has 0 amide bonds. The molecule has 0 saturated heterocycles. The van der Waals surface area contributed by atoms with Gasteiger partial charge in [-0.05, 0) is 19.9 Å². The summed E-state index contributed by atoms with van der Waals surface area (Å²) in [4.78, 5) is 11.7. The molecule has 10 heteroatoms. The highest BCUT2D eigenvalue weighted by atomic mass is 19.4. The van der Waals surface area contributed by atoms with Gasteiger partial charge in [-0.3, -0.25) is 0 Å². The molecule has 1 atom stereocenters. The van der Waals surface area contributed by atoms with E-state index >= 15 is 0 Å². The summed E-state index contributed by atoms with van der Waals surface area (Å²) in [6.07, 6.45) is -0.433. The molecule has 0 bridgehead atoms. The molecule has 0 aliphatic rings. The number of methoxy groups -OCH3 is 1. The largest absolute Gasteiger partial charge is 0.465 e. The molecule has 0 fully saturated rings. The van der Waals surface area contributed by atoms with Gasteiger partial charge in [0.25, 0.3) is 0 Å². The topological polar surface area (TPSA) is 70.2 Å². The number of alkyl halides is 4. The monoisotopic (exact) mass is 373 g/mol. The van der Waals surface area contributed by atoms with Gasteiger partial charge in [0.05, 0.1) is 25.1 Å². The van der Waals surface area contributed by atoms with Crippen LogP contribution >= 0.6 is 0 Å². The van der Waals surface area contributed by atoms with E-state index in [1.165, 1.54) is 32.1 Å². The Morgan fingerprint density at radius 1 is 1.38 bits per heavy atom. The molecule has 0 aromatic carbocycles. The lowest BCUT2D eigenvalue weighted by atomic mass is 10.1. The van der Waals surface area contributed by atoms with Gasteiger partial charge in [0, 0.05) is 5.70 Å². The van der Waals surface area contributed by atoms with Gasteiger partial charge in [0.2, 0.25) is 0 Å². The second-order valence-corrected chi connectivity index (χ2v) is 5.25. The summed E-state index contributed by atoms with van der Waals surface area (Å²) in [7, 11) is 1.08. The Hall–Kier alpha value is -2.91. The van der Waals surface area contributed by atoms with Crippen molar-refractivity contribution in [2.75, 3.05) is 7.11 Å². The van der Waals surface area contributed by atoms with Crippen molar-refractivity contribution in [3.8, 4) is 11.3 Å². The number of ether oxygens (including phenoxy) is 1. The summed E-state index contributed by atoms with van der Waals surface area (Å²) >= 11 is 0. The van der Waals surface area contributed by atoms with Crippen LogP contribution in [0.1, 0.15) is 29.9 Å². The third-order valence-electron chi connectivity index (χ3n) is 3.31. The van der Waals surface area contributed by atoms with E-state index in [4.69, 9.17) is 4.52 Å². The van der Waals surface area contributed by atoms with Crippen molar-refractivity contribution in [1.29, 1.82) is 0 Å². The average Bonchev–Trinajstić information content (AvgIpc) is 3.19. The standard InChI is InChI=1S/C16H15F4N3O3/c1-9(17)5-4-6-10(2)23-14(16(18,19)20)11(7-21-23)13-12(8-22-26-13)15(24)25-3/h4-9H,1-3H3/b5-4-,10-6+. The van der Waals surface area contributed by atoms with Gasteiger partial charge in [-0.2, -0.15) is 18.3 Å². The van der Waals surface area contributed by atoms with Gasteiger partial charge in [-0.25, -0.2) is 13.9 Å². The Balaban J connectivity index is 2.59. The molecule has 26 heavy (non-hydrogen) atoms. The number of hydrogen-bond donors (Lipinski definition) is 0. The van der Waals surface area contributed by atoms with E-state index in [-0.39, 0.29) is 11.3 Å². The van der Waals surface area contributed by atoms with Crippen LogP contribution in [0, 0.1) is 0 Å². The molecule has 2 heterocycles. The summed E-state index contributed by atoms with van der Waals surface area (Å²) in [5.74, 6) is -1.30. The number of hydrogen-bond acceptors (Lipinski definition) is 5. The van der Waals surface area contributed by atoms with Crippen LogP contribution in [-0.4, -0.2) is 34.2 Å². The summed E-state index contributed by atoms with van der Waals surface area (Å²) in [6.45, 7) is 2.66. The zero-order chi connectivity index (χ0) is 19.5. The molecule has 0 radical (unpaired) electrons. The fourth-order valence-electron chi connectivity index (χ4n) is 2.16. The molecule has 0 N–H and O–H groups in total. The first-order chi connectivity index (χ1) is 12.2. The van der Waals surface area contributed by atoms with Crippen LogP contribution in [0.2, 0.25) is 0 Å². The number of esters is 1. The number of carbonyl (C=O) groups excluding carboxylic acids is 1. The molecule has 2 rings (SSSR count). The van der Waals surface area contributed by atoms with E-state index in [1.54, 1.807) is 0 Å². The Morgan fingerprint density at radius 2 is 2.08 bits per heavy atom. The third kappa shape index (κ3) is 4.01. The van der Waals surface area contributed by atoms with Gasteiger partial charge in [-0.1, -0.05) is 17.3 Å². The molecule has 2 aromatic rings. The van der Waals surface area contributed by atoms with E-state index in [0.29, 0.717) is 4.68 Å². The Morgan fingerprint density at radius 3 is 2.65 bits per heavy atom. The van der Waals surface area contributed by atoms with E-state index < -0.39 is 35.3 Å². The lowest BCUT2D eigenvalue weighted by Gasteiger charge is -2.12. The highest BCUT2D eigenvalue weighted by Crippen LogP contribution is 2.39. The van der Waals surface area contributed by atoms with Crippen molar-refractivity contribution in [2.45, 2.75) is 26.2 Å². The number of rotatable bonds is 5. The number of nitrogens with zero attached hydrogens (tertiary/aromatic N) is 3. The first-order valence-electron chi connectivity index (χ1n) is 7.35. The van der Waals surface area contributed by atoms with Gasteiger partial charge in [0.1, 0.15) is 11.7 Å². The van der Waals surface area contributed by atoms with Crippen LogP contribution in [0.4, 0.5) is 17.6 Å². The lowest BCUT2D eigenvalue weighted by Crippen LogP contribution is -2.15. The zero-order valence-corrected chi connectivity index (χ0v) is 14.0. The minimum atomic E-state index is -4.81. The summed E-state index contributed by atoms with van der Waals surface area (Å²) in [6, 6.07) is 0. The minimum absolute atomic E-state index is 0.0830. The van der Waals surface area contributed by atoms with Crippen LogP contribution in [0.3, 0.4) is 0 Å². The zero-order valence-electron chi connectivity index (χ0n) is 14.0. The van der Waals surface area contributed by atoms with Crippen LogP contribution in [0.15, 0.2) is 35.1 Å². The normalized spacial score (nSPS) is 14.0. The Kier molecular flexibility index (Phi) is 5.63. The van der Waals surface area contributed by atoms with Crippen LogP contribution in [-0.2, 0) is 10.9 Å². The summed E-state index contributed by atoms with van der Waals surface area (Å²) < 4.78 is 63.6. The van der Waals surface area contributed by atoms with Crippen molar-refractivity contribution >= 4 is 11.7 Å². The number of allylic oxidation sites excluding steroid dienone is 4. The maximum absolute atomic E-state index is 13.6. The van der Waals surface area contributed by atoms with Crippen molar-refractivity contribution in [2.24, 2.45) is 0 Å². The van der Waals surface area contributed by atoms with Gasteiger partial charge >= 0.3 is 12.1 Å². The SMILES string of the molecule is COC(=O)c1cnoc1-c1cnn(/C(C)=C/C=C\C(C)F)c1C(F)(F)F. The predicted octanol–water partition coefficient (Wildman–Crippen LogP) is 4.12. The first kappa shape index (κ1) is 19.4. The fraction of sp³-hybridized carbons (Fsp3) is 0.312. The summed E-state index contributed by atoms with van der Waals surface area (Å²) in [5.41, 5.74) is -1.80. The highest BCUT2D eigenvalue weighted by molar-refractivity contribution is 5.95. The molecule has 0 spiro atoms. The highest BCUT2D eigenvalue weighted by Gasteiger charge is 2.41. The third-order valence-corrected chi connectivity index (χ3v) is 3.31. The van der Waals surface area contributed by atoms with Crippen molar-refractivity contribution in [3.05, 3.63) is 41.9 Å². The van der Waals surface area contributed by atoms with Crippen LogP contribution in [0.5, 0.6) is 0 Å². The lowest BCUT2D eigenvalue weighted by molar-refractivity contribution is -0.142. The molecule has 140 valence electrons. The second-order valence-electron chi connectivity index (χ2n) is 5.25. The maximum Gasteiger partial charge on any atom is 0.434 e. The van der Waals surface area contributed by atoms with E-state index in [1.807, 2.05) is 0 Å². The Bertz CT molecular complexity index is 847. The maximum atomic E-state index is 13.6. The predicted molar refractivity (Wildman–Crippen MR) is 83.7 cm³/mol. The smallest absolute Gasteiger partial charge is 0.434 e. The first-order valence-corrected chi connectivity index (χ1v) is 7.35. The molecule has 1 unspecified atom stereocenters. The second kappa shape index (κ2) is 7.54. The molecule has 2 aromatic heterocycles. The van der Waals surface area contributed by atoms with Gasteiger partial charge < -0.3 is 9.26 Å². The number of aromatic nitrogens is 3. The van der Waals surface area contributed by atoms with Gasteiger partial charge in [0.15, 0.2) is 11.5 Å². The van der Waals surface area contributed by atoms with Crippen molar-refractivity contribution in [1.82, 2.24) is 14.9 Å². The molecule has 6 nitrogen and oxygen atoms in total.